The van der Waals surface area contributed by atoms with E-state index in [0.717, 1.165) is 56.1 Å². The normalized spacial score (nSPS) is 13.7. The zero-order chi connectivity index (χ0) is 28.1. The van der Waals surface area contributed by atoms with Gasteiger partial charge in [-0.3, -0.25) is 9.69 Å². The number of piperazine rings is 1. The smallest absolute Gasteiger partial charge is 0.369 e. The van der Waals surface area contributed by atoms with E-state index in [0.29, 0.717) is 27.9 Å². The number of hydrogen-bond donors (Lipinski definition) is 1. The molecule has 0 unspecified atom stereocenters. The van der Waals surface area contributed by atoms with Gasteiger partial charge >= 0.3 is 6.18 Å². The number of nitrogens with zero attached hydrogens (tertiary/aromatic N) is 3. The fourth-order valence-corrected chi connectivity index (χ4v) is 4.89. The minimum atomic E-state index is -4.42. The Kier molecular flexibility index (Phi) is 9.33. The molecule has 41 heavy (non-hydrogen) atoms. The Bertz CT molecular complexity index is 1520. The molecule has 1 heterocycles. The number of rotatable bonds is 6. The number of halogens is 4. The van der Waals surface area contributed by atoms with Gasteiger partial charge in [-0.25, -0.2) is 0 Å². The summed E-state index contributed by atoms with van der Waals surface area (Å²) >= 11 is 0. The highest BCUT2D eigenvalue weighted by atomic mass is 35.5. The highest BCUT2D eigenvalue weighted by molar-refractivity contribution is 6.08. The molecule has 5 rings (SSSR count). The minimum absolute atomic E-state index is 0. The third-order valence-electron chi connectivity index (χ3n) is 7.02. The predicted octanol–water partition coefficient (Wildman–Crippen LogP) is 7.24. The average Bonchev–Trinajstić information content (AvgIpc) is 2.98. The lowest BCUT2D eigenvalue weighted by Crippen LogP contribution is -2.45. The van der Waals surface area contributed by atoms with Crippen LogP contribution in [0.25, 0.3) is 11.1 Å². The first-order chi connectivity index (χ1) is 19.3. The molecule has 0 spiro atoms. The van der Waals surface area contributed by atoms with Crippen molar-refractivity contribution in [2.75, 3.05) is 36.4 Å². The summed E-state index contributed by atoms with van der Waals surface area (Å²) in [6, 6.07) is 29.2. The highest BCUT2D eigenvalue weighted by Gasteiger charge is 2.30. The largest absolute Gasteiger partial charge is 0.416 e. The fourth-order valence-electron chi connectivity index (χ4n) is 4.89. The van der Waals surface area contributed by atoms with E-state index < -0.39 is 11.7 Å². The van der Waals surface area contributed by atoms with Crippen LogP contribution in [0.1, 0.15) is 27.0 Å². The third kappa shape index (κ3) is 7.26. The topological polar surface area (TPSA) is 59.4 Å². The molecular weight excluding hydrogens is 549 g/mol. The first-order valence-electron chi connectivity index (χ1n) is 12.9. The maximum absolute atomic E-state index is 13.1. The summed E-state index contributed by atoms with van der Waals surface area (Å²) in [7, 11) is 0. The molecule has 0 atom stereocenters. The van der Waals surface area contributed by atoms with Gasteiger partial charge in [-0.2, -0.15) is 18.4 Å². The van der Waals surface area contributed by atoms with E-state index >= 15 is 0 Å². The van der Waals surface area contributed by atoms with Crippen molar-refractivity contribution in [1.29, 1.82) is 5.26 Å². The van der Waals surface area contributed by atoms with Crippen molar-refractivity contribution in [3.63, 3.8) is 0 Å². The van der Waals surface area contributed by atoms with E-state index in [9.17, 15) is 18.0 Å². The van der Waals surface area contributed by atoms with E-state index in [1.54, 1.807) is 24.3 Å². The molecule has 0 saturated carbocycles. The SMILES string of the molecule is Cl.N#Cc1cccc(CN2CCN(c3ccc(NC(=O)c4ccccc4-c4ccc(C(F)(F)F)cc4)cc3)CC2)c1. The van der Waals surface area contributed by atoms with E-state index in [1.165, 1.54) is 12.1 Å². The highest BCUT2D eigenvalue weighted by Crippen LogP contribution is 2.32. The Morgan fingerprint density at radius 3 is 2.20 bits per heavy atom. The maximum Gasteiger partial charge on any atom is 0.416 e. The average molecular weight is 577 g/mol. The van der Waals surface area contributed by atoms with Crippen LogP contribution in [0.5, 0.6) is 0 Å². The maximum atomic E-state index is 13.1. The first kappa shape index (κ1) is 29.7. The molecule has 0 aromatic heterocycles. The van der Waals surface area contributed by atoms with Crippen molar-refractivity contribution >= 4 is 29.7 Å². The lowest BCUT2D eigenvalue weighted by atomic mass is 9.98. The van der Waals surface area contributed by atoms with Gasteiger partial charge in [0.25, 0.3) is 5.91 Å². The molecule has 0 aliphatic carbocycles. The predicted molar refractivity (Wildman–Crippen MR) is 157 cm³/mol. The third-order valence-corrected chi connectivity index (χ3v) is 7.02. The monoisotopic (exact) mass is 576 g/mol. The van der Waals surface area contributed by atoms with E-state index in [2.05, 4.69) is 21.2 Å². The zero-order valence-corrected chi connectivity index (χ0v) is 22.9. The molecule has 1 aliphatic heterocycles. The Labute approximate surface area is 243 Å². The molecule has 1 saturated heterocycles. The quantitative estimate of drug-likeness (QED) is 0.263. The molecular formula is C32H28ClF3N4O. The second-order valence-corrected chi connectivity index (χ2v) is 9.70. The van der Waals surface area contributed by atoms with Crippen LogP contribution in [-0.2, 0) is 12.7 Å². The van der Waals surface area contributed by atoms with Gasteiger partial charge in [0.05, 0.1) is 17.2 Å². The molecule has 9 heteroatoms. The van der Waals surface area contributed by atoms with Crippen LogP contribution in [0.15, 0.2) is 97.1 Å². The van der Waals surface area contributed by atoms with Crippen LogP contribution in [-0.4, -0.2) is 37.0 Å². The van der Waals surface area contributed by atoms with Crippen LogP contribution in [0, 0.1) is 11.3 Å². The Morgan fingerprint density at radius 1 is 0.854 bits per heavy atom. The molecule has 1 aliphatic rings. The van der Waals surface area contributed by atoms with Gasteiger partial charge in [0.15, 0.2) is 0 Å². The van der Waals surface area contributed by atoms with E-state index in [1.807, 2.05) is 48.5 Å². The summed E-state index contributed by atoms with van der Waals surface area (Å²) in [5.74, 6) is -0.336. The van der Waals surface area contributed by atoms with Crippen LogP contribution < -0.4 is 10.2 Å². The van der Waals surface area contributed by atoms with Gasteiger partial charge in [0, 0.05) is 49.7 Å². The number of carbonyl (C=O) groups is 1. The van der Waals surface area contributed by atoms with Crippen LogP contribution >= 0.6 is 12.4 Å². The van der Waals surface area contributed by atoms with Crippen LogP contribution in [0.2, 0.25) is 0 Å². The van der Waals surface area contributed by atoms with Crippen molar-refractivity contribution < 1.29 is 18.0 Å². The lowest BCUT2D eigenvalue weighted by molar-refractivity contribution is -0.137. The van der Waals surface area contributed by atoms with Gasteiger partial charge in [-0.15, -0.1) is 12.4 Å². The van der Waals surface area contributed by atoms with Gasteiger partial charge < -0.3 is 10.2 Å². The van der Waals surface area contributed by atoms with Gasteiger partial charge in [0.2, 0.25) is 0 Å². The summed E-state index contributed by atoms with van der Waals surface area (Å²) in [4.78, 5) is 17.8. The second kappa shape index (κ2) is 12.9. The summed E-state index contributed by atoms with van der Waals surface area (Å²) in [5, 5.41) is 12.0. The van der Waals surface area contributed by atoms with Crippen LogP contribution in [0.4, 0.5) is 24.5 Å². The zero-order valence-electron chi connectivity index (χ0n) is 22.1. The second-order valence-electron chi connectivity index (χ2n) is 9.70. The molecule has 0 bridgehead atoms. The van der Waals surface area contributed by atoms with Crippen molar-refractivity contribution in [2.45, 2.75) is 12.7 Å². The van der Waals surface area contributed by atoms with E-state index in [4.69, 9.17) is 5.26 Å². The molecule has 5 nitrogen and oxygen atoms in total. The molecule has 4 aromatic rings. The Balaban J connectivity index is 0.00000387. The summed E-state index contributed by atoms with van der Waals surface area (Å²) in [6.07, 6.45) is -4.42. The van der Waals surface area contributed by atoms with Crippen LogP contribution in [0.3, 0.4) is 0 Å². The number of carbonyl (C=O) groups excluding carboxylic acids is 1. The molecule has 1 amide bonds. The molecule has 4 aromatic carbocycles. The Morgan fingerprint density at radius 2 is 1.54 bits per heavy atom. The number of benzene rings is 4. The van der Waals surface area contributed by atoms with Crippen molar-refractivity contribution in [3.8, 4) is 17.2 Å². The fraction of sp³-hybridized carbons (Fsp3) is 0.188. The van der Waals surface area contributed by atoms with Gasteiger partial charge in [0.1, 0.15) is 0 Å². The Hall–Kier alpha value is -4.32. The summed E-state index contributed by atoms with van der Waals surface area (Å²) in [5.41, 5.74) is 4.24. The van der Waals surface area contributed by atoms with Gasteiger partial charge in [-0.1, -0.05) is 42.5 Å². The molecule has 0 radical (unpaired) electrons. The van der Waals surface area contributed by atoms with Crippen molar-refractivity contribution in [2.24, 2.45) is 0 Å². The van der Waals surface area contributed by atoms with Crippen molar-refractivity contribution in [3.05, 3.63) is 119 Å². The molecule has 1 fully saturated rings. The molecule has 1 N–H and O–H groups in total. The lowest BCUT2D eigenvalue weighted by Gasteiger charge is -2.36. The number of amides is 1. The molecule has 210 valence electrons. The number of anilines is 2. The summed E-state index contributed by atoms with van der Waals surface area (Å²) < 4.78 is 38.9. The van der Waals surface area contributed by atoms with Crippen molar-refractivity contribution in [1.82, 2.24) is 4.90 Å². The number of nitriles is 1. The standard InChI is InChI=1S/C32H27F3N4O.ClH/c33-32(34,35)26-10-8-25(9-11-26)29-6-1-2-7-30(29)31(40)37-27-12-14-28(15-13-27)39-18-16-38(17-19-39)22-24-5-3-4-23(20-24)21-36;/h1-15,20H,16-19,22H2,(H,37,40);1H. The number of nitrogens with one attached hydrogen (secondary N) is 1. The number of hydrogen-bond acceptors (Lipinski definition) is 4. The van der Waals surface area contributed by atoms with Gasteiger partial charge in [-0.05, 0) is 71.3 Å². The van der Waals surface area contributed by atoms with E-state index in [-0.39, 0.29) is 18.3 Å². The summed E-state index contributed by atoms with van der Waals surface area (Å²) in [6.45, 7) is 4.34. The minimum Gasteiger partial charge on any atom is -0.369 e. The first-order valence-corrected chi connectivity index (χ1v) is 12.9. The number of alkyl halides is 3.